The lowest BCUT2D eigenvalue weighted by atomic mass is 10.1. The number of carbonyl (C=O) groups is 1. The average Bonchev–Trinajstić information content (AvgIpc) is 3.30. The molecule has 182 valence electrons. The highest BCUT2D eigenvalue weighted by atomic mass is 32.2. The van der Waals surface area contributed by atoms with E-state index in [-0.39, 0.29) is 23.0 Å². The van der Waals surface area contributed by atoms with Gasteiger partial charge in [-0.25, -0.2) is 13.4 Å². The fourth-order valence-corrected chi connectivity index (χ4v) is 4.45. The molecule has 0 saturated carbocycles. The number of carbonyl (C=O) groups excluding carboxylic acids is 1. The zero-order valence-corrected chi connectivity index (χ0v) is 20.6. The first kappa shape index (κ1) is 24.7. The van der Waals surface area contributed by atoms with E-state index in [4.69, 9.17) is 4.74 Å². The van der Waals surface area contributed by atoms with E-state index in [1.165, 1.54) is 12.1 Å². The van der Waals surface area contributed by atoms with E-state index in [0.29, 0.717) is 34.0 Å². The molecule has 0 fully saturated rings. The number of amides is 1. The third-order valence-corrected chi connectivity index (χ3v) is 7.20. The molecule has 3 aromatic carbocycles. The van der Waals surface area contributed by atoms with Crippen LogP contribution in [0.25, 0.3) is 5.69 Å². The summed E-state index contributed by atoms with van der Waals surface area (Å²) in [5, 5.41) is 12.1. The SMILES string of the molecule is CCS(=O)(=O)c1ccc(CC(=O)Nc2ccc(-n3cnc(C)c3)c(Oc3cccc(C#N)c3)c2)cc1. The second-order valence-electron chi connectivity index (χ2n) is 8.12. The number of hydrogen-bond acceptors (Lipinski definition) is 6. The second kappa shape index (κ2) is 10.5. The maximum atomic E-state index is 12.7. The lowest BCUT2D eigenvalue weighted by Gasteiger charge is -2.14. The Bertz CT molecular complexity index is 1550. The molecule has 0 aliphatic carbocycles. The number of nitrogens with zero attached hydrogens (tertiary/aromatic N) is 3. The van der Waals surface area contributed by atoms with Gasteiger partial charge in [0.15, 0.2) is 15.6 Å². The Hall–Kier alpha value is -4.42. The molecule has 0 aliphatic rings. The Morgan fingerprint density at radius 3 is 2.56 bits per heavy atom. The van der Waals surface area contributed by atoms with Gasteiger partial charge in [0.05, 0.1) is 46.4 Å². The number of nitrogens with one attached hydrogen (secondary N) is 1. The Labute approximate surface area is 209 Å². The summed E-state index contributed by atoms with van der Waals surface area (Å²) in [6, 6.07) is 20.5. The van der Waals surface area contributed by atoms with E-state index in [2.05, 4.69) is 16.4 Å². The monoisotopic (exact) mass is 500 g/mol. The summed E-state index contributed by atoms with van der Waals surface area (Å²) in [4.78, 5) is 17.2. The molecule has 1 N–H and O–H groups in total. The molecule has 0 atom stereocenters. The van der Waals surface area contributed by atoms with Gasteiger partial charge in [-0.15, -0.1) is 0 Å². The molecule has 1 amide bonds. The summed E-state index contributed by atoms with van der Waals surface area (Å²) in [5.74, 6) is 0.712. The molecule has 4 rings (SSSR count). The topological polar surface area (TPSA) is 114 Å². The quantitative estimate of drug-likeness (QED) is 0.371. The fourth-order valence-electron chi connectivity index (χ4n) is 3.57. The van der Waals surface area contributed by atoms with Crippen molar-refractivity contribution in [3.8, 4) is 23.3 Å². The molecule has 1 aromatic heterocycles. The van der Waals surface area contributed by atoms with Gasteiger partial charge in [0.1, 0.15) is 5.75 Å². The van der Waals surface area contributed by atoms with Crippen LogP contribution in [0.1, 0.15) is 23.7 Å². The molecule has 1 heterocycles. The van der Waals surface area contributed by atoms with Crippen LogP contribution in [0, 0.1) is 18.3 Å². The highest BCUT2D eigenvalue weighted by Crippen LogP contribution is 2.32. The average molecular weight is 501 g/mol. The van der Waals surface area contributed by atoms with Crippen molar-refractivity contribution in [3.63, 3.8) is 0 Å². The van der Waals surface area contributed by atoms with E-state index < -0.39 is 9.84 Å². The van der Waals surface area contributed by atoms with Crippen molar-refractivity contribution >= 4 is 21.4 Å². The van der Waals surface area contributed by atoms with E-state index >= 15 is 0 Å². The van der Waals surface area contributed by atoms with Gasteiger partial charge in [-0.1, -0.05) is 25.1 Å². The van der Waals surface area contributed by atoms with Gasteiger partial charge in [0.2, 0.25) is 5.91 Å². The minimum absolute atomic E-state index is 0.0205. The molecule has 0 aliphatic heterocycles. The van der Waals surface area contributed by atoms with Crippen molar-refractivity contribution in [3.05, 3.63) is 96.1 Å². The third kappa shape index (κ3) is 5.79. The van der Waals surface area contributed by atoms with Crippen LogP contribution in [0.4, 0.5) is 5.69 Å². The highest BCUT2D eigenvalue weighted by Gasteiger charge is 2.14. The van der Waals surface area contributed by atoms with Gasteiger partial charge < -0.3 is 14.6 Å². The normalized spacial score (nSPS) is 11.0. The standard InChI is InChI=1S/C27H24N4O4S/c1-3-36(33,34)24-10-7-20(8-11-24)14-27(32)30-22-9-12-25(31-17-19(2)29-18-31)26(15-22)35-23-6-4-5-21(13-23)16-28/h4-13,15,17-18H,3,14H2,1-2H3,(H,30,32). The summed E-state index contributed by atoms with van der Waals surface area (Å²) in [5.41, 5.74) is 3.23. The maximum Gasteiger partial charge on any atom is 0.228 e. The minimum atomic E-state index is -3.29. The number of aromatic nitrogens is 2. The number of anilines is 1. The molecule has 9 heteroatoms. The third-order valence-electron chi connectivity index (χ3n) is 5.45. The van der Waals surface area contributed by atoms with Crippen molar-refractivity contribution in [2.75, 3.05) is 11.1 Å². The van der Waals surface area contributed by atoms with Crippen molar-refractivity contribution in [2.45, 2.75) is 25.2 Å². The number of nitriles is 1. The molecule has 0 radical (unpaired) electrons. The van der Waals surface area contributed by atoms with E-state index in [9.17, 15) is 18.5 Å². The van der Waals surface area contributed by atoms with Gasteiger partial charge in [-0.2, -0.15) is 5.26 Å². The molecule has 0 spiro atoms. The first-order valence-electron chi connectivity index (χ1n) is 11.2. The predicted octanol–water partition coefficient (Wildman–Crippen LogP) is 4.82. The van der Waals surface area contributed by atoms with Gasteiger partial charge in [-0.05, 0) is 55.0 Å². The fraction of sp³-hybridized carbons (Fsp3) is 0.148. The van der Waals surface area contributed by atoms with Crippen molar-refractivity contribution < 1.29 is 17.9 Å². The maximum absolute atomic E-state index is 12.7. The van der Waals surface area contributed by atoms with Crippen LogP contribution < -0.4 is 10.1 Å². The first-order valence-corrected chi connectivity index (χ1v) is 12.9. The summed E-state index contributed by atoms with van der Waals surface area (Å²) in [6.07, 6.45) is 3.60. The molecular weight excluding hydrogens is 476 g/mol. The van der Waals surface area contributed by atoms with Crippen LogP contribution in [0.15, 0.2) is 84.1 Å². The number of benzene rings is 3. The molecule has 8 nitrogen and oxygen atoms in total. The van der Waals surface area contributed by atoms with Crippen LogP contribution in [0.2, 0.25) is 0 Å². The first-order chi connectivity index (χ1) is 17.3. The second-order valence-corrected chi connectivity index (χ2v) is 10.4. The highest BCUT2D eigenvalue weighted by molar-refractivity contribution is 7.91. The number of ether oxygens (including phenoxy) is 1. The molecule has 0 saturated heterocycles. The van der Waals surface area contributed by atoms with Crippen LogP contribution in [-0.2, 0) is 21.1 Å². The number of imidazole rings is 1. The van der Waals surface area contributed by atoms with Gasteiger partial charge in [0, 0.05) is 18.0 Å². The molecule has 36 heavy (non-hydrogen) atoms. The van der Waals surface area contributed by atoms with Crippen LogP contribution >= 0.6 is 0 Å². The van der Waals surface area contributed by atoms with Gasteiger partial charge >= 0.3 is 0 Å². The summed E-state index contributed by atoms with van der Waals surface area (Å²) in [6.45, 7) is 3.47. The lowest BCUT2D eigenvalue weighted by Crippen LogP contribution is -2.14. The zero-order valence-electron chi connectivity index (χ0n) is 19.8. The minimum Gasteiger partial charge on any atom is -0.455 e. The number of rotatable bonds is 8. The van der Waals surface area contributed by atoms with Crippen molar-refractivity contribution in [1.29, 1.82) is 5.26 Å². The summed E-state index contributed by atoms with van der Waals surface area (Å²) < 4.78 is 31.9. The Morgan fingerprint density at radius 2 is 1.89 bits per heavy atom. The van der Waals surface area contributed by atoms with Crippen LogP contribution in [0.3, 0.4) is 0 Å². The summed E-state index contributed by atoms with van der Waals surface area (Å²) in [7, 11) is -3.29. The number of hydrogen-bond donors (Lipinski definition) is 1. The smallest absolute Gasteiger partial charge is 0.228 e. The van der Waals surface area contributed by atoms with E-state index in [1.54, 1.807) is 61.8 Å². The number of aryl methyl sites for hydroxylation is 1. The van der Waals surface area contributed by atoms with E-state index in [0.717, 1.165) is 5.69 Å². The summed E-state index contributed by atoms with van der Waals surface area (Å²) >= 11 is 0. The Balaban J connectivity index is 1.56. The van der Waals surface area contributed by atoms with Crippen molar-refractivity contribution in [1.82, 2.24) is 9.55 Å². The van der Waals surface area contributed by atoms with Gasteiger partial charge in [-0.3, -0.25) is 4.79 Å². The van der Waals surface area contributed by atoms with Crippen molar-refractivity contribution in [2.24, 2.45) is 0 Å². The lowest BCUT2D eigenvalue weighted by molar-refractivity contribution is -0.115. The molecule has 0 unspecified atom stereocenters. The molecular formula is C27H24N4O4S. The number of sulfone groups is 1. The van der Waals surface area contributed by atoms with Crippen LogP contribution in [0.5, 0.6) is 11.5 Å². The zero-order chi connectivity index (χ0) is 25.7. The molecule has 0 bridgehead atoms. The molecule has 4 aromatic rings. The van der Waals surface area contributed by atoms with E-state index in [1.807, 2.05) is 23.8 Å². The van der Waals surface area contributed by atoms with Crippen LogP contribution in [-0.4, -0.2) is 29.6 Å². The Morgan fingerprint density at radius 1 is 1.11 bits per heavy atom. The van der Waals surface area contributed by atoms with Gasteiger partial charge in [0.25, 0.3) is 0 Å². The largest absolute Gasteiger partial charge is 0.455 e. The Kier molecular flexibility index (Phi) is 7.17. The predicted molar refractivity (Wildman–Crippen MR) is 136 cm³/mol.